The number of halogens is 1. The Kier molecular flexibility index (Phi) is 4.94. The van der Waals surface area contributed by atoms with E-state index in [-0.39, 0.29) is 17.2 Å². The molecule has 4 aromatic rings. The summed E-state index contributed by atoms with van der Waals surface area (Å²) in [6.07, 6.45) is 0. The fraction of sp³-hybridized carbons (Fsp3) is 0.158. The molecule has 4 rings (SSSR count). The molecule has 0 aliphatic rings. The summed E-state index contributed by atoms with van der Waals surface area (Å²) in [5, 5.41) is 12.4. The van der Waals surface area contributed by atoms with Crippen molar-refractivity contribution in [3.8, 4) is 0 Å². The number of nitrogens with one attached hydrogen (secondary N) is 1. The second-order valence-electron chi connectivity index (χ2n) is 6.30. The minimum absolute atomic E-state index is 0.129. The van der Waals surface area contributed by atoms with Gasteiger partial charge in [-0.25, -0.2) is 0 Å². The maximum atomic E-state index is 12.5. The van der Waals surface area contributed by atoms with Gasteiger partial charge in [0.15, 0.2) is 5.16 Å². The van der Waals surface area contributed by atoms with Gasteiger partial charge in [0.2, 0.25) is 11.7 Å². The number of benzene rings is 2. The summed E-state index contributed by atoms with van der Waals surface area (Å²) < 4.78 is 4.23. The number of amides is 1. The van der Waals surface area contributed by atoms with Crippen LogP contribution in [0.5, 0.6) is 0 Å². The predicted molar refractivity (Wildman–Crippen MR) is 114 cm³/mol. The molecule has 2 heterocycles. The van der Waals surface area contributed by atoms with Gasteiger partial charge in [0.05, 0.1) is 16.7 Å². The van der Waals surface area contributed by atoms with E-state index in [1.165, 1.54) is 16.3 Å². The first-order valence-corrected chi connectivity index (χ1v) is 10.3. The zero-order valence-corrected chi connectivity index (χ0v) is 17.5. The smallest absolute Gasteiger partial charge is 0.262 e. The third kappa shape index (κ3) is 3.31. The summed E-state index contributed by atoms with van der Waals surface area (Å²) in [6.45, 7) is 1.94. The van der Waals surface area contributed by atoms with Gasteiger partial charge in [-0.2, -0.15) is 0 Å². The third-order valence-corrected chi connectivity index (χ3v) is 5.81. The summed E-state index contributed by atoms with van der Waals surface area (Å²) in [6, 6.07) is 13.0. The highest BCUT2D eigenvalue weighted by Gasteiger charge is 2.16. The molecule has 1 N–H and O–H groups in total. The number of rotatable bonds is 4. The molecule has 0 atom stereocenters. The highest BCUT2D eigenvalue weighted by molar-refractivity contribution is 9.10. The Labute approximate surface area is 172 Å². The minimum atomic E-state index is -0.138. The van der Waals surface area contributed by atoms with Gasteiger partial charge in [-0.3, -0.25) is 18.6 Å². The standard InChI is InChI=1S/C19H16BrN5O2S/c1-11-9-12(20)7-8-14(11)21-16(26)10-28-19-23-22-18-24(2)17(27)13-5-3-4-6-15(13)25(18)19/h3-9H,10H2,1-2H3,(H,21,26). The number of aromatic nitrogens is 4. The molecule has 0 saturated carbocycles. The zero-order valence-electron chi connectivity index (χ0n) is 15.1. The van der Waals surface area contributed by atoms with Crippen LogP contribution in [0.4, 0.5) is 5.69 Å². The lowest BCUT2D eigenvalue weighted by molar-refractivity contribution is -0.113. The van der Waals surface area contributed by atoms with Crippen LogP contribution in [0, 0.1) is 6.92 Å². The average molecular weight is 458 g/mol. The molecule has 0 saturated heterocycles. The van der Waals surface area contributed by atoms with Crippen LogP contribution in [-0.4, -0.2) is 30.8 Å². The van der Waals surface area contributed by atoms with Crippen molar-refractivity contribution in [2.75, 3.05) is 11.1 Å². The zero-order chi connectivity index (χ0) is 19.8. The highest BCUT2D eigenvalue weighted by atomic mass is 79.9. The number of thioether (sulfide) groups is 1. The van der Waals surface area contributed by atoms with Crippen LogP contribution in [0.3, 0.4) is 0 Å². The van der Waals surface area contributed by atoms with Crippen LogP contribution >= 0.6 is 27.7 Å². The first kappa shape index (κ1) is 18.7. The largest absolute Gasteiger partial charge is 0.325 e. The maximum absolute atomic E-state index is 12.5. The Morgan fingerprint density at radius 3 is 2.79 bits per heavy atom. The van der Waals surface area contributed by atoms with Crippen molar-refractivity contribution in [1.82, 2.24) is 19.2 Å². The summed E-state index contributed by atoms with van der Waals surface area (Å²) in [7, 11) is 1.66. The quantitative estimate of drug-likeness (QED) is 0.475. The second-order valence-corrected chi connectivity index (χ2v) is 8.15. The van der Waals surface area contributed by atoms with Crippen molar-refractivity contribution >= 4 is 56.0 Å². The molecular weight excluding hydrogens is 442 g/mol. The van der Waals surface area contributed by atoms with Gasteiger partial charge >= 0.3 is 0 Å². The van der Waals surface area contributed by atoms with Gasteiger partial charge in [-0.05, 0) is 42.8 Å². The number of anilines is 1. The lowest BCUT2D eigenvalue weighted by Crippen LogP contribution is -2.20. The number of carbonyl (C=O) groups is 1. The molecule has 0 bridgehead atoms. The van der Waals surface area contributed by atoms with E-state index in [9.17, 15) is 9.59 Å². The Morgan fingerprint density at radius 1 is 1.21 bits per heavy atom. The summed E-state index contributed by atoms with van der Waals surface area (Å²) in [4.78, 5) is 24.9. The van der Waals surface area contributed by atoms with Crippen LogP contribution < -0.4 is 10.9 Å². The summed E-state index contributed by atoms with van der Waals surface area (Å²) >= 11 is 4.69. The lowest BCUT2D eigenvalue weighted by Gasteiger charge is -2.09. The van der Waals surface area contributed by atoms with Crippen LogP contribution in [0.1, 0.15) is 5.56 Å². The van der Waals surface area contributed by atoms with E-state index in [4.69, 9.17) is 0 Å². The minimum Gasteiger partial charge on any atom is -0.325 e. The van der Waals surface area contributed by atoms with Crippen molar-refractivity contribution in [2.45, 2.75) is 12.1 Å². The molecule has 28 heavy (non-hydrogen) atoms. The second kappa shape index (κ2) is 7.40. The van der Waals surface area contributed by atoms with Crippen molar-refractivity contribution in [1.29, 1.82) is 0 Å². The SMILES string of the molecule is Cc1cc(Br)ccc1NC(=O)CSc1nnc2n(C)c(=O)c3ccccc3n12. The van der Waals surface area contributed by atoms with Crippen molar-refractivity contribution < 1.29 is 4.79 Å². The summed E-state index contributed by atoms with van der Waals surface area (Å²) in [5.74, 6) is 0.477. The molecule has 0 fully saturated rings. The third-order valence-electron chi connectivity index (χ3n) is 4.39. The first-order chi connectivity index (χ1) is 13.5. The number of para-hydroxylation sites is 1. The van der Waals surface area contributed by atoms with E-state index in [1.807, 2.05) is 43.3 Å². The average Bonchev–Trinajstić information content (AvgIpc) is 3.11. The molecular formula is C19H16BrN5O2S. The molecule has 0 aliphatic heterocycles. The van der Waals surface area contributed by atoms with Crippen molar-refractivity contribution in [3.63, 3.8) is 0 Å². The molecule has 1 amide bonds. The molecule has 2 aromatic heterocycles. The summed E-state index contributed by atoms with van der Waals surface area (Å²) in [5.41, 5.74) is 2.34. The van der Waals surface area contributed by atoms with Gasteiger partial charge in [0.1, 0.15) is 0 Å². The maximum Gasteiger partial charge on any atom is 0.262 e. The van der Waals surface area contributed by atoms with E-state index in [0.29, 0.717) is 16.3 Å². The fourth-order valence-electron chi connectivity index (χ4n) is 2.99. The van der Waals surface area contributed by atoms with Gasteiger partial charge in [-0.1, -0.05) is 39.8 Å². The Balaban J connectivity index is 1.62. The van der Waals surface area contributed by atoms with Crippen molar-refractivity contribution in [3.05, 3.63) is 62.9 Å². The molecule has 0 spiro atoms. The van der Waals surface area contributed by atoms with Gasteiger partial charge in [-0.15, -0.1) is 10.2 Å². The van der Waals surface area contributed by atoms with E-state index >= 15 is 0 Å². The number of aryl methyl sites for hydroxylation is 2. The van der Waals surface area contributed by atoms with Crippen LogP contribution in [-0.2, 0) is 11.8 Å². The first-order valence-electron chi connectivity index (χ1n) is 8.47. The predicted octanol–water partition coefficient (Wildman–Crippen LogP) is 3.38. The number of carbonyl (C=O) groups excluding carboxylic acids is 1. The normalized spacial score (nSPS) is 11.2. The number of fused-ring (bicyclic) bond motifs is 3. The monoisotopic (exact) mass is 457 g/mol. The van der Waals surface area contributed by atoms with Gasteiger partial charge in [0, 0.05) is 17.2 Å². The van der Waals surface area contributed by atoms with Crippen LogP contribution in [0.15, 0.2) is 56.9 Å². The highest BCUT2D eigenvalue weighted by Crippen LogP contribution is 2.23. The molecule has 0 aliphatic carbocycles. The van der Waals surface area contributed by atoms with Crippen molar-refractivity contribution in [2.24, 2.45) is 7.05 Å². The number of hydrogen-bond acceptors (Lipinski definition) is 5. The molecule has 9 heteroatoms. The topological polar surface area (TPSA) is 81.3 Å². The molecule has 0 unspecified atom stereocenters. The number of hydrogen-bond donors (Lipinski definition) is 1. The fourth-order valence-corrected chi connectivity index (χ4v) is 4.20. The molecule has 0 radical (unpaired) electrons. The Hall–Kier alpha value is -2.65. The van der Waals surface area contributed by atoms with E-state index < -0.39 is 0 Å². The van der Waals surface area contributed by atoms with Crippen LogP contribution in [0.2, 0.25) is 0 Å². The molecule has 7 nitrogen and oxygen atoms in total. The Morgan fingerprint density at radius 2 is 2.00 bits per heavy atom. The van der Waals surface area contributed by atoms with Gasteiger partial charge in [0.25, 0.3) is 5.56 Å². The molecule has 2 aromatic carbocycles. The van der Waals surface area contributed by atoms with Gasteiger partial charge < -0.3 is 5.32 Å². The number of nitrogens with zero attached hydrogens (tertiary/aromatic N) is 4. The van der Waals surface area contributed by atoms with E-state index in [2.05, 4.69) is 31.4 Å². The Bertz CT molecular complexity index is 1280. The van der Waals surface area contributed by atoms with E-state index in [0.717, 1.165) is 21.2 Å². The van der Waals surface area contributed by atoms with E-state index in [1.54, 1.807) is 17.5 Å². The lowest BCUT2D eigenvalue weighted by atomic mass is 10.2. The van der Waals surface area contributed by atoms with Crippen LogP contribution in [0.25, 0.3) is 16.7 Å². The molecule has 142 valence electrons.